The Morgan fingerprint density at radius 3 is 2.65 bits per heavy atom. The Morgan fingerprint density at radius 1 is 1.19 bits per heavy atom. The van der Waals surface area contributed by atoms with E-state index in [9.17, 15) is 4.79 Å². The Hall–Kier alpha value is -2.40. The lowest BCUT2D eigenvalue weighted by Gasteiger charge is -2.20. The second kappa shape index (κ2) is 7.87. The molecule has 0 bridgehead atoms. The topological polar surface area (TPSA) is 48.0 Å². The minimum atomic E-state index is 0.103. The van der Waals surface area contributed by atoms with Crippen LogP contribution in [0.4, 0.5) is 0 Å². The van der Waals surface area contributed by atoms with E-state index < -0.39 is 0 Å². The Balaban J connectivity index is 2.11. The highest BCUT2D eigenvalue weighted by Crippen LogP contribution is 2.41. The number of hydrogen-bond acceptors (Lipinski definition) is 4. The van der Waals surface area contributed by atoms with Gasteiger partial charge in [-0.3, -0.25) is 4.79 Å². The molecule has 5 nitrogen and oxygen atoms in total. The highest BCUT2D eigenvalue weighted by atomic mass is 35.5. The van der Waals surface area contributed by atoms with Gasteiger partial charge in [-0.15, -0.1) is 0 Å². The lowest BCUT2D eigenvalue weighted by Crippen LogP contribution is -2.31. The van der Waals surface area contributed by atoms with Gasteiger partial charge < -0.3 is 19.1 Å². The average Bonchev–Trinajstić information content (AvgIpc) is 2.88. The molecule has 0 N–H and O–H groups in total. The van der Waals surface area contributed by atoms with Crippen molar-refractivity contribution in [2.75, 3.05) is 27.4 Å². The Kier molecular flexibility index (Phi) is 5.57. The average molecular weight is 376 g/mol. The van der Waals surface area contributed by atoms with Crippen molar-refractivity contribution in [3.05, 3.63) is 40.9 Å². The molecule has 0 unspecified atom stereocenters. The SMILES string of the molecule is CCC(=O)N1CCOc2c(cc(-c3cc(Cl)ccc3OC)cc2OC)C1. The minimum Gasteiger partial charge on any atom is -0.496 e. The van der Waals surface area contributed by atoms with Gasteiger partial charge >= 0.3 is 0 Å². The molecule has 1 aliphatic heterocycles. The van der Waals surface area contributed by atoms with Crippen molar-refractivity contribution in [1.29, 1.82) is 0 Å². The summed E-state index contributed by atoms with van der Waals surface area (Å²) in [5.74, 6) is 2.13. The predicted octanol–water partition coefficient (Wildman–Crippen LogP) is 4.16. The van der Waals surface area contributed by atoms with E-state index >= 15 is 0 Å². The summed E-state index contributed by atoms with van der Waals surface area (Å²) in [7, 11) is 3.23. The number of nitrogens with zero attached hydrogens (tertiary/aromatic N) is 1. The summed E-state index contributed by atoms with van der Waals surface area (Å²) >= 11 is 6.19. The van der Waals surface area contributed by atoms with Gasteiger partial charge in [0, 0.05) is 29.1 Å². The molecule has 0 spiro atoms. The van der Waals surface area contributed by atoms with E-state index in [1.807, 2.05) is 36.1 Å². The third-order valence-electron chi connectivity index (χ3n) is 4.45. The van der Waals surface area contributed by atoms with E-state index in [1.165, 1.54) is 0 Å². The Morgan fingerprint density at radius 2 is 1.96 bits per heavy atom. The molecule has 0 fully saturated rings. The first-order valence-corrected chi connectivity index (χ1v) is 8.90. The third-order valence-corrected chi connectivity index (χ3v) is 4.68. The number of amides is 1. The van der Waals surface area contributed by atoms with Gasteiger partial charge in [0.25, 0.3) is 0 Å². The highest BCUT2D eigenvalue weighted by molar-refractivity contribution is 6.31. The maximum absolute atomic E-state index is 12.2. The molecule has 2 aromatic rings. The number of rotatable bonds is 4. The molecule has 1 heterocycles. The molecule has 1 amide bonds. The van der Waals surface area contributed by atoms with E-state index in [-0.39, 0.29) is 5.91 Å². The molecule has 0 aromatic heterocycles. The highest BCUT2D eigenvalue weighted by Gasteiger charge is 2.23. The lowest BCUT2D eigenvalue weighted by atomic mass is 10.0. The van der Waals surface area contributed by atoms with Gasteiger partial charge in [-0.2, -0.15) is 0 Å². The van der Waals surface area contributed by atoms with Crippen molar-refractivity contribution in [3.8, 4) is 28.4 Å². The Labute approximate surface area is 158 Å². The molecule has 0 radical (unpaired) electrons. The van der Waals surface area contributed by atoms with Gasteiger partial charge in [0.15, 0.2) is 11.5 Å². The number of ether oxygens (including phenoxy) is 3. The Bertz CT molecular complexity index is 822. The number of carbonyl (C=O) groups excluding carboxylic acids is 1. The fraction of sp³-hybridized carbons (Fsp3) is 0.350. The van der Waals surface area contributed by atoms with Crippen LogP contribution in [0.15, 0.2) is 30.3 Å². The molecule has 3 rings (SSSR count). The van der Waals surface area contributed by atoms with Crippen LogP contribution < -0.4 is 14.2 Å². The van der Waals surface area contributed by atoms with Crippen LogP contribution in [-0.4, -0.2) is 38.2 Å². The number of carbonyl (C=O) groups is 1. The predicted molar refractivity (Wildman–Crippen MR) is 101 cm³/mol. The summed E-state index contributed by atoms with van der Waals surface area (Å²) in [5.41, 5.74) is 2.66. The van der Waals surface area contributed by atoms with Crippen molar-refractivity contribution in [3.63, 3.8) is 0 Å². The van der Waals surface area contributed by atoms with Crippen molar-refractivity contribution in [2.24, 2.45) is 0 Å². The third kappa shape index (κ3) is 3.58. The smallest absolute Gasteiger partial charge is 0.222 e. The van der Waals surface area contributed by atoms with Crippen LogP contribution in [0, 0.1) is 0 Å². The largest absolute Gasteiger partial charge is 0.496 e. The van der Waals surface area contributed by atoms with Gasteiger partial charge in [-0.25, -0.2) is 0 Å². The summed E-state index contributed by atoms with van der Waals surface area (Å²) < 4.78 is 16.9. The first-order chi connectivity index (χ1) is 12.6. The van der Waals surface area contributed by atoms with Gasteiger partial charge in [0.1, 0.15) is 12.4 Å². The fourth-order valence-electron chi connectivity index (χ4n) is 3.13. The van der Waals surface area contributed by atoms with Gasteiger partial charge in [0.05, 0.1) is 20.8 Å². The van der Waals surface area contributed by atoms with Crippen molar-refractivity contribution in [1.82, 2.24) is 4.90 Å². The standard InChI is InChI=1S/C20H22ClNO4/c1-4-19(23)22-7-8-26-20-14(12-22)9-13(10-18(20)25-3)16-11-15(21)5-6-17(16)24-2/h5-6,9-11H,4,7-8,12H2,1-3H3. The zero-order chi connectivity index (χ0) is 18.7. The van der Waals surface area contributed by atoms with E-state index in [2.05, 4.69) is 0 Å². The van der Waals surface area contributed by atoms with E-state index in [1.54, 1.807) is 20.3 Å². The zero-order valence-corrected chi connectivity index (χ0v) is 15.9. The molecular weight excluding hydrogens is 354 g/mol. The molecule has 0 aliphatic carbocycles. The summed E-state index contributed by atoms with van der Waals surface area (Å²) in [6.07, 6.45) is 0.467. The molecule has 26 heavy (non-hydrogen) atoms. The molecule has 138 valence electrons. The van der Waals surface area contributed by atoms with Crippen LogP contribution in [0.5, 0.6) is 17.2 Å². The molecule has 0 saturated heterocycles. The molecule has 0 atom stereocenters. The summed E-state index contributed by atoms with van der Waals surface area (Å²) in [6, 6.07) is 9.39. The van der Waals surface area contributed by atoms with Crippen molar-refractivity contribution >= 4 is 17.5 Å². The second-order valence-electron chi connectivity index (χ2n) is 6.03. The van der Waals surface area contributed by atoms with Crippen LogP contribution >= 0.6 is 11.6 Å². The summed E-state index contributed by atoms with van der Waals surface area (Å²) in [4.78, 5) is 14.0. The van der Waals surface area contributed by atoms with Gasteiger partial charge in [-0.05, 0) is 35.9 Å². The summed E-state index contributed by atoms with van der Waals surface area (Å²) in [5, 5.41) is 0.619. The molecule has 6 heteroatoms. The molecular formula is C20H22ClNO4. The van der Waals surface area contributed by atoms with Crippen molar-refractivity contribution < 1.29 is 19.0 Å². The number of fused-ring (bicyclic) bond motifs is 1. The number of benzene rings is 2. The normalized spacial score (nSPS) is 13.5. The van der Waals surface area contributed by atoms with Crippen LogP contribution in [0.25, 0.3) is 11.1 Å². The minimum absolute atomic E-state index is 0.103. The first-order valence-electron chi connectivity index (χ1n) is 8.52. The first kappa shape index (κ1) is 18.4. The van der Waals surface area contributed by atoms with E-state index in [0.29, 0.717) is 48.4 Å². The quantitative estimate of drug-likeness (QED) is 0.805. The number of halogens is 1. The fourth-order valence-corrected chi connectivity index (χ4v) is 3.31. The number of methoxy groups -OCH3 is 2. The van der Waals surface area contributed by atoms with Crippen LogP contribution in [0.3, 0.4) is 0 Å². The van der Waals surface area contributed by atoms with E-state index in [4.69, 9.17) is 25.8 Å². The van der Waals surface area contributed by atoms with Crippen LogP contribution in [0.1, 0.15) is 18.9 Å². The number of hydrogen-bond donors (Lipinski definition) is 0. The van der Waals surface area contributed by atoms with Crippen LogP contribution in [0.2, 0.25) is 5.02 Å². The monoisotopic (exact) mass is 375 g/mol. The molecule has 1 aliphatic rings. The maximum atomic E-state index is 12.2. The zero-order valence-electron chi connectivity index (χ0n) is 15.2. The van der Waals surface area contributed by atoms with E-state index in [0.717, 1.165) is 16.7 Å². The maximum Gasteiger partial charge on any atom is 0.222 e. The summed E-state index contributed by atoms with van der Waals surface area (Å²) in [6.45, 7) is 3.34. The van der Waals surface area contributed by atoms with Gasteiger partial charge in [0.2, 0.25) is 5.91 Å². The van der Waals surface area contributed by atoms with Crippen LogP contribution in [-0.2, 0) is 11.3 Å². The molecule has 2 aromatic carbocycles. The second-order valence-corrected chi connectivity index (χ2v) is 6.47. The lowest BCUT2D eigenvalue weighted by molar-refractivity contribution is -0.131. The van der Waals surface area contributed by atoms with Gasteiger partial charge in [-0.1, -0.05) is 18.5 Å². The van der Waals surface area contributed by atoms with Crippen molar-refractivity contribution in [2.45, 2.75) is 19.9 Å². The molecule has 0 saturated carbocycles.